The van der Waals surface area contributed by atoms with Gasteiger partial charge in [0.05, 0.1) is 29.9 Å². The van der Waals surface area contributed by atoms with Crippen LogP contribution < -0.4 is 16.1 Å². The van der Waals surface area contributed by atoms with E-state index < -0.39 is 5.54 Å². The highest BCUT2D eigenvalue weighted by Crippen LogP contribution is 2.39. The van der Waals surface area contributed by atoms with Gasteiger partial charge in [-0.15, -0.1) is 0 Å². The first-order valence-electron chi connectivity index (χ1n) is 9.66. The molecule has 9 nitrogen and oxygen atoms in total. The van der Waals surface area contributed by atoms with Crippen molar-refractivity contribution in [1.29, 1.82) is 0 Å². The van der Waals surface area contributed by atoms with Gasteiger partial charge in [0, 0.05) is 37.6 Å². The largest absolute Gasteiger partial charge is 0.341 e. The molecule has 2 aromatic rings. The fourth-order valence-electron chi connectivity index (χ4n) is 3.72. The van der Waals surface area contributed by atoms with Crippen LogP contribution in [0, 0.1) is 0 Å². The maximum atomic E-state index is 11.6. The van der Waals surface area contributed by atoms with Crippen molar-refractivity contribution in [3.05, 3.63) is 46.7 Å². The van der Waals surface area contributed by atoms with E-state index in [1.54, 1.807) is 24.4 Å². The number of hydrogen-bond donors (Lipinski definition) is 2. The van der Waals surface area contributed by atoms with Gasteiger partial charge in [-0.25, -0.2) is 9.97 Å². The Kier molecular flexibility index (Phi) is 7.24. The van der Waals surface area contributed by atoms with E-state index >= 15 is 0 Å². The fourth-order valence-corrected chi connectivity index (χ4v) is 3.93. The van der Waals surface area contributed by atoms with Gasteiger partial charge in [-0.1, -0.05) is 18.2 Å². The van der Waals surface area contributed by atoms with Crippen molar-refractivity contribution in [2.75, 3.05) is 57.8 Å². The summed E-state index contributed by atoms with van der Waals surface area (Å²) in [5.41, 5.74) is 7.66. The topological polar surface area (TPSA) is 99.9 Å². The van der Waals surface area contributed by atoms with E-state index in [0.717, 1.165) is 28.7 Å². The minimum absolute atomic E-state index is 0.372. The number of amides is 1. The molecule has 1 aromatic heterocycles. The number of aromatic nitrogens is 2. The summed E-state index contributed by atoms with van der Waals surface area (Å²) in [6, 6.07) is 7.56. The minimum Gasteiger partial charge on any atom is -0.341 e. The Hall–Kier alpha value is -2.27. The molecule has 0 radical (unpaired) electrons. The van der Waals surface area contributed by atoms with E-state index in [2.05, 4.69) is 36.1 Å². The first-order chi connectivity index (χ1) is 14.4. The monoisotopic (exact) mass is 477 g/mol. The number of para-hydroxylation sites is 1. The maximum Gasteiger partial charge on any atom is 0.223 e. The van der Waals surface area contributed by atoms with Crippen molar-refractivity contribution in [1.82, 2.24) is 19.8 Å². The Balaban J connectivity index is 2.06. The van der Waals surface area contributed by atoms with Crippen molar-refractivity contribution < 1.29 is 9.63 Å². The second-order valence-electron chi connectivity index (χ2n) is 7.57. The van der Waals surface area contributed by atoms with E-state index in [1.165, 1.54) is 0 Å². The van der Waals surface area contributed by atoms with Gasteiger partial charge in [0.1, 0.15) is 5.54 Å². The van der Waals surface area contributed by atoms with Crippen LogP contribution in [-0.4, -0.2) is 79.6 Å². The molecule has 2 unspecified atom stereocenters. The molecule has 0 saturated carbocycles. The van der Waals surface area contributed by atoms with Crippen molar-refractivity contribution in [2.45, 2.75) is 11.6 Å². The highest BCUT2D eigenvalue weighted by molar-refractivity contribution is 9.10. The molecular formula is C20H28BrN7O2. The lowest BCUT2D eigenvalue weighted by Gasteiger charge is -2.37. The van der Waals surface area contributed by atoms with Gasteiger partial charge in [-0.2, -0.15) is 0 Å². The van der Waals surface area contributed by atoms with Crippen LogP contribution in [0.3, 0.4) is 0 Å². The zero-order valence-corrected chi connectivity index (χ0v) is 19.0. The van der Waals surface area contributed by atoms with Crippen LogP contribution in [0.4, 0.5) is 11.6 Å². The lowest BCUT2D eigenvalue weighted by Crippen LogP contribution is -2.51. The third kappa shape index (κ3) is 4.72. The second-order valence-corrected chi connectivity index (χ2v) is 8.48. The number of carbonyl (C=O) groups excluding carboxylic acids is 1. The van der Waals surface area contributed by atoms with Crippen LogP contribution in [0.1, 0.15) is 5.56 Å². The number of carbonyl (C=O) groups is 1. The minimum atomic E-state index is -0.778. The van der Waals surface area contributed by atoms with Crippen LogP contribution in [0.15, 0.2) is 41.1 Å². The molecule has 0 aliphatic carbocycles. The molecular weight excluding hydrogens is 450 g/mol. The third-order valence-electron chi connectivity index (χ3n) is 5.24. The zero-order chi connectivity index (χ0) is 21.7. The number of nitrogens with two attached hydrogens (primary N) is 1. The van der Waals surface area contributed by atoms with Crippen LogP contribution in [0.5, 0.6) is 0 Å². The van der Waals surface area contributed by atoms with Crippen molar-refractivity contribution in [3.63, 3.8) is 0 Å². The number of likely N-dealkylation sites (tertiary alicyclic amines) is 1. The molecule has 1 amide bonds. The number of rotatable bonds is 9. The van der Waals surface area contributed by atoms with Crippen LogP contribution in [0.25, 0.3) is 0 Å². The van der Waals surface area contributed by atoms with E-state index in [-0.39, 0.29) is 6.04 Å². The average molecular weight is 478 g/mol. The number of likely N-dealkylation sites (N-methyl/N-ethyl adjacent to an activating group) is 1. The predicted molar refractivity (Wildman–Crippen MR) is 120 cm³/mol. The summed E-state index contributed by atoms with van der Waals surface area (Å²) in [5, 5.41) is 5.28. The lowest BCUT2D eigenvalue weighted by molar-refractivity contribution is -0.117. The summed E-state index contributed by atoms with van der Waals surface area (Å²) >= 11 is 3.36. The Morgan fingerprint density at radius 2 is 2.03 bits per heavy atom. The average Bonchev–Trinajstić information content (AvgIpc) is 3.06. The van der Waals surface area contributed by atoms with Crippen molar-refractivity contribution in [2.24, 2.45) is 5.73 Å². The van der Waals surface area contributed by atoms with Crippen LogP contribution >= 0.6 is 15.9 Å². The van der Waals surface area contributed by atoms with Crippen molar-refractivity contribution >= 4 is 34.0 Å². The number of hydrogen-bond acceptors (Lipinski definition) is 8. The molecule has 2 heterocycles. The summed E-state index contributed by atoms with van der Waals surface area (Å²) in [7, 11) is 5.68. The second kappa shape index (κ2) is 9.69. The van der Waals surface area contributed by atoms with Gasteiger partial charge in [0.25, 0.3) is 0 Å². The molecule has 10 heteroatoms. The molecule has 30 heavy (non-hydrogen) atoms. The molecule has 3 N–H and O–H groups in total. The summed E-state index contributed by atoms with van der Waals surface area (Å²) in [6.45, 7) is 2.29. The number of benzene rings is 1. The molecule has 1 aliphatic rings. The molecule has 3 rings (SSSR count). The lowest BCUT2D eigenvalue weighted by atomic mass is 9.84. The van der Waals surface area contributed by atoms with Gasteiger partial charge < -0.3 is 20.9 Å². The van der Waals surface area contributed by atoms with E-state index in [1.807, 2.05) is 43.4 Å². The maximum absolute atomic E-state index is 11.6. The van der Waals surface area contributed by atoms with E-state index in [0.29, 0.717) is 25.6 Å². The van der Waals surface area contributed by atoms with Gasteiger partial charge >= 0.3 is 0 Å². The Labute approximate surface area is 185 Å². The molecule has 1 aromatic carbocycles. The smallest absolute Gasteiger partial charge is 0.223 e. The number of nitrogens with zero attached hydrogens (tertiary/aromatic N) is 5. The third-order valence-corrected chi connectivity index (χ3v) is 5.65. The number of anilines is 2. The number of hydroxylamine groups is 1. The molecule has 1 saturated heterocycles. The first kappa shape index (κ1) is 22.4. The van der Waals surface area contributed by atoms with Gasteiger partial charge in [0.2, 0.25) is 12.4 Å². The number of halogens is 1. The molecule has 1 fully saturated rings. The van der Waals surface area contributed by atoms with Gasteiger partial charge in [0.15, 0.2) is 0 Å². The SMILES string of the molecule is CON(CCN(C)C)c1ccccc1C1(Nc2ncc(Br)cn2)CN(C=O)CC1N. The Morgan fingerprint density at radius 3 is 2.63 bits per heavy atom. The van der Waals surface area contributed by atoms with E-state index in [4.69, 9.17) is 10.6 Å². The Morgan fingerprint density at radius 1 is 1.33 bits per heavy atom. The normalized spacial score (nSPS) is 21.1. The fraction of sp³-hybridized carbons (Fsp3) is 0.450. The summed E-state index contributed by atoms with van der Waals surface area (Å²) < 4.78 is 0.780. The molecule has 1 aliphatic heterocycles. The Bertz CT molecular complexity index is 851. The van der Waals surface area contributed by atoms with Gasteiger partial charge in [-0.05, 0) is 36.1 Å². The standard InChI is InChI=1S/C20H28BrN7O2/c1-26(2)8-9-28(30-3)17-7-5-4-6-16(17)20(13-27(14-29)12-18(20)22)25-19-23-10-15(21)11-24-19/h4-7,10-11,14,18H,8-9,12-13,22H2,1-3H3,(H,23,24,25). The van der Waals surface area contributed by atoms with E-state index in [9.17, 15) is 4.79 Å². The first-order valence-corrected chi connectivity index (χ1v) is 10.5. The highest BCUT2D eigenvalue weighted by atomic mass is 79.9. The summed E-state index contributed by atoms with van der Waals surface area (Å²) in [5.74, 6) is 0.438. The zero-order valence-electron chi connectivity index (χ0n) is 17.5. The van der Waals surface area contributed by atoms with Gasteiger partial charge in [-0.3, -0.25) is 14.7 Å². The number of nitrogens with one attached hydrogen (secondary N) is 1. The molecule has 2 atom stereocenters. The van der Waals surface area contributed by atoms with Crippen LogP contribution in [-0.2, 0) is 15.2 Å². The molecule has 0 spiro atoms. The predicted octanol–water partition coefficient (Wildman–Crippen LogP) is 1.28. The van der Waals surface area contributed by atoms with Crippen LogP contribution in [0.2, 0.25) is 0 Å². The molecule has 162 valence electrons. The summed E-state index contributed by atoms with van der Waals surface area (Å²) in [4.78, 5) is 29.8. The highest BCUT2D eigenvalue weighted by Gasteiger charge is 2.48. The summed E-state index contributed by atoms with van der Waals surface area (Å²) in [6.07, 6.45) is 4.17. The quantitative estimate of drug-likeness (QED) is 0.411. The van der Waals surface area contributed by atoms with Crippen molar-refractivity contribution in [3.8, 4) is 0 Å². The molecule has 0 bridgehead atoms.